The van der Waals surface area contributed by atoms with Gasteiger partial charge in [0.1, 0.15) is 18.3 Å². The second-order valence-corrected chi connectivity index (χ2v) is 2.51. The molecule has 0 radical (unpaired) electrons. The van der Waals surface area contributed by atoms with Crippen LogP contribution in [0.3, 0.4) is 0 Å². The molecule has 7 nitrogen and oxygen atoms in total. The van der Waals surface area contributed by atoms with Crippen molar-refractivity contribution in [3.05, 3.63) is 0 Å². The Hall–Kier alpha value is 0.789. The molecule has 0 spiro atoms. The van der Waals surface area contributed by atoms with Crippen LogP contribution in [-0.2, 0) is 21.9 Å². The first-order chi connectivity index (χ1) is 5.91. The Balaban J connectivity index is -0.000000720. The van der Waals surface area contributed by atoms with Crippen LogP contribution < -0.4 is 0 Å². The zero-order valence-electron chi connectivity index (χ0n) is 6.96. The molecule has 0 aliphatic rings. The second-order valence-electron chi connectivity index (χ2n) is 2.51. The SMILES string of the molecule is O=C(O)[C@H](O)[C@@H](O)[C@H](O)[C@H](O)CO.[Fe].[NaH]. The summed E-state index contributed by atoms with van der Waals surface area (Å²) in [7, 11) is 0. The number of carboxylic acid groups (broad SMARTS) is 1. The van der Waals surface area contributed by atoms with Crippen molar-refractivity contribution in [2.75, 3.05) is 6.61 Å². The molecule has 0 saturated carbocycles. The second kappa shape index (κ2) is 9.98. The molecule has 0 aromatic carbocycles. The van der Waals surface area contributed by atoms with Gasteiger partial charge in [0, 0.05) is 17.1 Å². The molecule has 0 aliphatic carbocycles. The number of aliphatic hydroxyl groups is 5. The van der Waals surface area contributed by atoms with Gasteiger partial charge in [-0.2, -0.15) is 0 Å². The van der Waals surface area contributed by atoms with E-state index < -0.39 is 37.0 Å². The van der Waals surface area contributed by atoms with Crippen molar-refractivity contribution in [1.82, 2.24) is 0 Å². The molecule has 0 aliphatic heterocycles. The first-order valence-electron chi connectivity index (χ1n) is 3.47. The number of hydrogen-bond acceptors (Lipinski definition) is 6. The fourth-order valence-corrected chi connectivity index (χ4v) is 0.668. The summed E-state index contributed by atoms with van der Waals surface area (Å²) in [4.78, 5) is 10.1. The van der Waals surface area contributed by atoms with Crippen LogP contribution in [0.25, 0.3) is 0 Å². The molecule has 0 bridgehead atoms. The van der Waals surface area contributed by atoms with Gasteiger partial charge in [-0.15, -0.1) is 0 Å². The maximum atomic E-state index is 10.1. The van der Waals surface area contributed by atoms with Gasteiger partial charge in [-0.3, -0.25) is 0 Å². The van der Waals surface area contributed by atoms with Gasteiger partial charge in [0.25, 0.3) is 0 Å². The summed E-state index contributed by atoms with van der Waals surface area (Å²) in [5.74, 6) is -1.73. The van der Waals surface area contributed by atoms with Gasteiger partial charge in [0.15, 0.2) is 6.10 Å². The first-order valence-corrected chi connectivity index (χ1v) is 3.47. The summed E-state index contributed by atoms with van der Waals surface area (Å²) in [5, 5.41) is 51.8. The van der Waals surface area contributed by atoms with Crippen LogP contribution in [0.15, 0.2) is 0 Å². The van der Waals surface area contributed by atoms with Crippen LogP contribution in [0.1, 0.15) is 0 Å². The van der Waals surface area contributed by atoms with Gasteiger partial charge in [-0.05, 0) is 0 Å². The molecule has 0 amide bonds. The number of hydrogen-bond donors (Lipinski definition) is 6. The van der Waals surface area contributed by atoms with E-state index in [0.29, 0.717) is 0 Å². The number of aliphatic hydroxyl groups excluding tert-OH is 5. The predicted molar refractivity (Wildman–Crippen MR) is 45.9 cm³/mol. The summed E-state index contributed by atoms with van der Waals surface area (Å²) in [5.41, 5.74) is 0. The topological polar surface area (TPSA) is 138 Å². The standard InChI is InChI=1S/C6H12O7.Fe.Na.H/c7-1-2(8)3(9)4(10)5(11)6(12)13;;;/h2-5,7-11H,1H2,(H,12,13);;;/t2-,3-,4+,5-;;;/m1.../s1. The van der Waals surface area contributed by atoms with E-state index in [1.54, 1.807) is 0 Å². The number of aliphatic carboxylic acids is 1. The van der Waals surface area contributed by atoms with Crippen molar-refractivity contribution in [3.8, 4) is 0 Å². The molecule has 0 rings (SSSR count). The van der Waals surface area contributed by atoms with Crippen LogP contribution in [0, 0.1) is 0 Å². The quantitative estimate of drug-likeness (QED) is 0.280. The van der Waals surface area contributed by atoms with Crippen molar-refractivity contribution in [1.29, 1.82) is 0 Å². The number of carbonyl (C=O) groups is 1. The molecule has 0 saturated heterocycles. The molecule has 9 heteroatoms. The summed E-state index contributed by atoms with van der Waals surface area (Å²) in [6.07, 6.45) is -7.84. The van der Waals surface area contributed by atoms with E-state index in [0.717, 1.165) is 0 Å². The number of rotatable bonds is 5. The van der Waals surface area contributed by atoms with Gasteiger partial charge in [-0.25, -0.2) is 4.79 Å². The van der Waals surface area contributed by atoms with Gasteiger partial charge in [0.2, 0.25) is 0 Å². The third-order valence-electron chi connectivity index (χ3n) is 1.51. The van der Waals surface area contributed by atoms with Crippen molar-refractivity contribution < 1.29 is 52.5 Å². The first kappa shape index (κ1) is 21.1. The van der Waals surface area contributed by atoms with Crippen LogP contribution in [0.4, 0.5) is 0 Å². The Morgan fingerprint density at radius 2 is 1.47 bits per heavy atom. The van der Waals surface area contributed by atoms with Crippen molar-refractivity contribution in [3.63, 3.8) is 0 Å². The summed E-state index contributed by atoms with van der Waals surface area (Å²) < 4.78 is 0. The average molecular weight is 276 g/mol. The average Bonchev–Trinajstić information content (AvgIpc) is 2.12. The van der Waals surface area contributed by atoms with E-state index >= 15 is 0 Å². The van der Waals surface area contributed by atoms with E-state index in [9.17, 15) is 4.79 Å². The van der Waals surface area contributed by atoms with Gasteiger partial charge in [0.05, 0.1) is 6.61 Å². The van der Waals surface area contributed by atoms with Crippen molar-refractivity contribution >= 4 is 35.5 Å². The maximum absolute atomic E-state index is 10.1. The van der Waals surface area contributed by atoms with Crippen molar-refractivity contribution in [2.45, 2.75) is 24.4 Å². The summed E-state index contributed by atoms with van der Waals surface area (Å²) in [6.45, 7) is -0.843. The summed E-state index contributed by atoms with van der Waals surface area (Å²) in [6, 6.07) is 0. The minimum atomic E-state index is -2.20. The van der Waals surface area contributed by atoms with Gasteiger partial charge >= 0.3 is 35.5 Å². The van der Waals surface area contributed by atoms with Crippen LogP contribution in [0.2, 0.25) is 0 Å². The third-order valence-corrected chi connectivity index (χ3v) is 1.51. The monoisotopic (exact) mass is 276 g/mol. The van der Waals surface area contributed by atoms with E-state index in [1.165, 1.54) is 0 Å². The summed E-state index contributed by atoms with van der Waals surface area (Å²) >= 11 is 0. The molecule has 0 heterocycles. The van der Waals surface area contributed by atoms with E-state index in [2.05, 4.69) is 0 Å². The normalized spacial score (nSPS) is 17.7. The van der Waals surface area contributed by atoms with Gasteiger partial charge in [-0.1, -0.05) is 0 Å². The molecule has 15 heavy (non-hydrogen) atoms. The van der Waals surface area contributed by atoms with Gasteiger partial charge < -0.3 is 30.6 Å². The zero-order valence-corrected chi connectivity index (χ0v) is 8.07. The molecule has 0 fully saturated rings. The fourth-order valence-electron chi connectivity index (χ4n) is 0.668. The molecule has 0 unspecified atom stereocenters. The molecular formula is C6H13FeNaO7. The van der Waals surface area contributed by atoms with E-state index in [-0.39, 0.29) is 46.6 Å². The van der Waals surface area contributed by atoms with E-state index in [1.807, 2.05) is 0 Å². The van der Waals surface area contributed by atoms with Crippen LogP contribution in [-0.4, -0.2) is 97.2 Å². The molecule has 6 N–H and O–H groups in total. The van der Waals surface area contributed by atoms with E-state index in [4.69, 9.17) is 30.6 Å². The van der Waals surface area contributed by atoms with Crippen LogP contribution in [0.5, 0.6) is 0 Å². The Kier molecular flexibility index (Phi) is 14.0. The van der Waals surface area contributed by atoms with Crippen LogP contribution >= 0.6 is 0 Å². The molecule has 88 valence electrons. The molecular weight excluding hydrogens is 263 g/mol. The Morgan fingerprint density at radius 1 is 1.07 bits per heavy atom. The minimum absolute atomic E-state index is 0. The molecule has 0 aromatic heterocycles. The Labute approximate surface area is 118 Å². The number of carboxylic acids is 1. The molecule has 4 atom stereocenters. The Morgan fingerprint density at radius 3 is 1.73 bits per heavy atom. The third kappa shape index (κ3) is 6.85. The van der Waals surface area contributed by atoms with Crippen molar-refractivity contribution in [2.24, 2.45) is 0 Å². The zero-order chi connectivity index (χ0) is 10.6. The molecule has 0 aromatic rings. The predicted octanol–water partition coefficient (Wildman–Crippen LogP) is -4.14. The Bertz CT molecular complexity index is 181. The fraction of sp³-hybridized carbons (Fsp3) is 0.833.